The maximum Gasteiger partial charge on any atom is 0.227 e. The molecule has 0 unspecified atom stereocenters. The van der Waals surface area contributed by atoms with Crippen molar-refractivity contribution in [3.8, 4) is 0 Å². The van der Waals surface area contributed by atoms with Gasteiger partial charge in [0.1, 0.15) is 5.82 Å². The largest absolute Gasteiger partial charge is 0.377 e. The van der Waals surface area contributed by atoms with Gasteiger partial charge in [-0.15, -0.1) is 0 Å². The molecule has 1 aromatic rings. The second-order valence-corrected chi connectivity index (χ2v) is 7.86. The number of aryl methyl sites for hydroxylation is 1. The molecule has 0 bridgehead atoms. The van der Waals surface area contributed by atoms with Crippen LogP contribution in [0.25, 0.3) is 0 Å². The lowest BCUT2D eigenvalue weighted by Crippen LogP contribution is -2.51. The molecule has 0 spiro atoms. The Hall–Kier alpha value is -1.40. The topological polar surface area (TPSA) is 44.7 Å². The van der Waals surface area contributed by atoms with Gasteiger partial charge in [0, 0.05) is 51.1 Å². The van der Waals surface area contributed by atoms with Crippen molar-refractivity contribution in [1.82, 2.24) is 14.9 Å². The van der Waals surface area contributed by atoms with Crippen molar-refractivity contribution < 1.29 is 4.74 Å². The number of likely N-dealkylation sites (N-methyl/N-ethyl adjacent to an activating group) is 1. The van der Waals surface area contributed by atoms with Crippen molar-refractivity contribution in [3.63, 3.8) is 0 Å². The van der Waals surface area contributed by atoms with E-state index in [1.54, 1.807) is 0 Å². The Morgan fingerprint density at radius 1 is 1.00 bits per heavy atom. The normalized spacial score (nSPS) is 20.6. The lowest BCUT2D eigenvalue weighted by Gasteiger charge is -2.43. The van der Waals surface area contributed by atoms with E-state index in [9.17, 15) is 0 Å². The highest BCUT2D eigenvalue weighted by Crippen LogP contribution is 2.32. The van der Waals surface area contributed by atoms with E-state index in [1.165, 1.54) is 18.4 Å². The van der Waals surface area contributed by atoms with Gasteiger partial charge in [0.25, 0.3) is 0 Å². The molecule has 0 amide bonds. The molecule has 25 heavy (non-hydrogen) atoms. The number of methoxy groups -OCH3 is 1. The predicted molar refractivity (Wildman–Crippen MR) is 103 cm³/mol. The zero-order chi connectivity index (χ0) is 18.0. The Kier molecular flexibility index (Phi) is 5.49. The van der Waals surface area contributed by atoms with Crippen molar-refractivity contribution in [2.24, 2.45) is 0 Å². The Morgan fingerprint density at radius 2 is 1.64 bits per heavy atom. The molecule has 0 aliphatic carbocycles. The van der Waals surface area contributed by atoms with Gasteiger partial charge in [-0.2, -0.15) is 4.98 Å². The van der Waals surface area contributed by atoms with Gasteiger partial charge in [0.15, 0.2) is 0 Å². The molecule has 2 fully saturated rings. The van der Waals surface area contributed by atoms with E-state index in [4.69, 9.17) is 14.7 Å². The first-order valence-corrected chi connectivity index (χ1v) is 9.49. The zero-order valence-electron chi connectivity index (χ0n) is 16.5. The third-order valence-corrected chi connectivity index (χ3v) is 5.75. The Balaban J connectivity index is 1.78. The van der Waals surface area contributed by atoms with Crippen LogP contribution in [0, 0.1) is 13.8 Å². The van der Waals surface area contributed by atoms with Crippen LogP contribution in [-0.2, 0) is 4.74 Å². The van der Waals surface area contributed by atoms with Crippen LogP contribution in [0.1, 0.15) is 36.9 Å². The molecule has 0 saturated carbocycles. The van der Waals surface area contributed by atoms with Crippen LogP contribution >= 0.6 is 0 Å². The second-order valence-electron chi connectivity index (χ2n) is 7.86. The lowest BCUT2D eigenvalue weighted by molar-refractivity contribution is -0.0455. The molecule has 2 aliphatic rings. The summed E-state index contributed by atoms with van der Waals surface area (Å²) in [5, 5.41) is 0. The lowest BCUT2D eigenvalue weighted by atomic mass is 9.90. The van der Waals surface area contributed by atoms with Gasteiger partial charge < -0.3 is 19.4 Å². The van der Waals surface area contributed by atoms with Gasteiger partial charge in [-0.25, -0.2) is 4.98 Å². The summed E-state index contributed by atoms with van der Waals surface area (Å²) in [6.45, 7) is 9.36. The first-order valence-electron chi connectivity index (χ1n) is 9.49. The monoisotopic (exact) mass is 347 g/mol. The molecule has 0 radical (unpaired) electrons. The number of rotatable bonds is 5. The average molecular weight is 348 g/mol. The standard InChI is InChI=1S/C19H33N5O/c1-15-16(2)20-18(24-10-6-7-11-24)21-17(15)23-12-8-19(25-5,9-13-23)14-22(3)4/h6-14H2,1-5H3. The number of hydrogen-bond donors (Lipinski definition) is 0. The molecular weight excluding hydrogens is 314 g/mol. The highest BCUT2D eigenvalue weighted by molar-refractivity contribution is 5.53. The first-order chi connectivity index (χ1) is 11.9. The van der Waals surface area contributed by atoms with E-state index < -0.39 is 0 Å². The van der Waals surface area contributed by atoms with Crippen LogP contribution < -0.4 is 9.80 Å². The summed E-state index contributed by atoms with van der Waals surface area (Å²) < 4.78 is 5.92. The van der Waals surface area contributed by atoms with E-state index in [-0.39, 0.29) is 5.60 Å². The highest BCUT2D eigenvalue weighted by Gasteiger charge is 2.36. The van der Waals surface area contributed by atoms with Crippen molar-refractivity contribution in [2.75, 3.05) is 63.7 Å². The summed E-state index contributed by atoms with van der Waals surface area (Å²) in [4.78, 5) is 16.7. The van der Waals surface area contributed by atoms with Crippen LogP contribution in [0.2, 0.25) is 0 Å². The quantitative estimate of drug-likeness (QED) is 0.814. The summed E-state index contributed by atoms with van der Waals surface area (Å²) in [5.74, 6) is 2.02. The molecule has 140 valence electrons. The van der Waals surface area contributed by atoms with E-state index in [1.807, 2.05) is 7.11 Å². The molecule has 0 N–H and O–H groups in total. The van der Waals surface area contributed by atoms with Gasteiger partial charge in [0.2, 0.25) is 5.95 Å². The van der Waals surface area contributed by atoms with Crippen LogP contribution in [0.15, 0.2) is 0 Å². The van der Waals surface area contributed by atoms with Gasteiger partial charge in [-0.05, 0) is 53.6 Å². The fourth-order valence-electron chi connectivity index (χ4n) is 4.09. The van der Waals surface area contributed by atoms with E-state index in [0.29, 0.717) is 0 Å². The number of piperidine rings is 1. The number of aromatic nitrogens is 2. The molecular formula is C19H33N5O. The number of ether oxygens (including phenoxy) is 1. The van der Waals surface area contributed by atoms with Crippen LogP contribution in [0.5, 0.6) is 0 Å². The van der Waals surface area contributed by atoms with E-state index in [0.717, 1.165) is 63.0 Å². The Bertz CT molecular complexity index is 590. The summed E-state index contributed by atoms with van der Waals surface area (Å²) >= 11 is 0. The maximum atomic E-state index is 5.92. The van der Waals surface area contributed by atoms with Crippen molar-refractivity contribution in [3.05, 3.63) is 11.3 Å². The molecule has 6 heteroatoms. The zero-order valence-corrected chi connectivity index (χ0v) is 16.5. The van der Waals surface area contributed by atoms with Crippen molar-refractivity contribution >= 4 is 11.8 Å². The molecule has 0 aromatic carbocycles. The molecule has 3 rings (SSSR count). The minimum absolute atomic E-state index is 0.0340. The van der Waals surface area contributed by atoms with Gasteiger partial charge in [-0.3, -0.25) is 0 Å². The van der Waals surface area contributed by atoms with Gasteiger partial charge >= 0.3 is 0 Å². The summed E-state index contributed by atoms with van der Waals surface area (Å²) in [6, 6.07) is 0. The molecule has 2 aliphatic heterocycles. The molecule has 0 atom stereocenters. The fraction of sp³-hybridized carbons (Fsp3) is 0.789. The minimum Gasteiger partial charge on any atom is -0.377 e. The summed E-state index contributed by atoms with van der Waals surface area (Å²) in [6.07, 6.45) is 4.55. The van der Waals surface area contributed by atoms with Crippen LogP contribution in [0.4, 0.5) is 11.8 Å². The summed E-state index contributed by atoms with van der Waals surface area (Å²) in [7, 11) is 6.09. The second kappa shape index (κ2) is 7.46. The van der Waals surface area contributed by atoms with Crippen molar-refractivity contribution in [2.45, 2.75) is 45.1 Å². The van der Waals surface area contributed by atoms with Crippen molar-refractivity contribution in [1.29, 1.82) is 0 Å². The van der Waals surface area contributed by atoms with E-state index >= 15 is 0 Å². The Morgan fingerprint density at radius 3 is 2.20 bits per heavy atom. The molecule has 3 heterocycles. The van der Waals surface area contributed by atoms with Crippen LogP contribution in [0.3, 0.4) is 0 Å². The average Bonchev–Trinajstić information content (AvgIpc) is 3.12. The molecule has 6 nitrogen and oxygen atoms in total. The third-order valence-electron chi connectivity index (χ3n) is 5.75. The van der Waals surface area contributed by atoms with Gasteiger partial charge in [0.05, 0.1) is 5.60 Å². The SMILES string of the molecule is COC1(CN(C)C)CCN(c2nc(N3CCCC3)nc(C)c2C)CC1. The number of hydrogen-bond acceptors (Lipinski definition) is 6. The Labute approximate surface area is 152 Å². The highest BCUT2D eigenvalue weighted by atomic mass is 16.5. The fourth-order valence-corrected chi connectivity index (χ4v) is 4.09. The van der Waals surface area contributed by atoms with Crippen LogP contribution in [-0.4, -0.2) is 74.4 Å². The molecule has 1 aromatic heterocycles. The minimum atomic E-state index is -0.0340. The third kappa shape index (κ3) is 3.90. The van der Waals surface area contributed by atoms with Gasteiger partial charge in [-0.1, -0.05) is 0 Å². The predicted octanol–water partition coefficient (Wildman–Crippen LogP) is 2.24. The number of nitrogens with zero attached hydrogens (tertiary/aromatic N) is 5. The smallest absolute Gasteiger partial charge is 0.227 e. The van der Waals surface area contributed by atoms with E-state index in [2.05, 4.69) is 42.6 Å². The first kappa shape index (κ1) is 18.4. The maximum absolute atomic E-state index is 5.92. The number of anilines is 2. The molecule has 2 saturated heterocycles. The summed E-state index contributed by atoms with van der Waals surface area (Å²) in [5.41, 5.74) is 2.28.